The Morgan fingerprint density at radius 2 is 1.76 bits per heavy atom. The molecule has 170 valence electrons. The summed E-state index contributed by atoms with van der Waals surface area (Å²) in [6.45, 7) is 6.53. The Bertz CT molecular complexity index is 1170. The number of anilines is 2. The van der Waals surface area contributed by atoms with Crippen molar-refractivity contribution in [3.8, 4) is 11.1 Å². The van der Waals surface area contributed by atoms with Crippen molar-refractivity contribution in [2.45, 2.75) is 44.9 Å². The maximum Gasteiger partial charge on any atom is 0.253 e. The first-order chi connectivity index (χ1) is 16.1. The summed E-state index contributed by atoms with van der Waals surface area (Å²) in [6.07, 6.45) is 7.50. The van der Waals surface area contributed by atoms with E-state index in [0.717, 1.165) is 51.0 Å². The quantitative estimate of drug-likeness (QED) is 0.467. The molecule has 0 atom stereocenters. The van der Waals surface area contributed by atoms with Crippen LogP contribution in [0.25, 0.3) is 11.1 Å². The van der Waals surface area contributed by atoms with Gasteiger partial charge in [-0.15, -0.1) is 0 Å². The molecule has 2 heterocycles. The average molecular weight is 445 g/mol. The molecule has 0 radical (unpaired) electrons. The predicted octanol–water partition coefficient (Wildman–Crippen LogP) is 5.73. The van der Waals surface area contributed by atoms with E-state index in [0.29, 0.717) is 22.6 Å². The maximum atomic E-state index is 14.2. The normalized spacial score (nSPS) is 15.5. The molecular formula is C27H29FN4O. The SMILES string of the molecule is CCCN(CCC)C(=O)c1ccc2c(c1)N(c1ncc(-c3ccccc3F)cn1)CC21CC1. The Morgan fingerprint density at radius 1 is 1.06 bits per heavy atom. The second kappa shape index (κ2) is 8.58. The molecule has 1 saturated carbocycles. The summed E-state index contributed by atoms with van der Waals surface area (Å²) in [5.41, 5.74) is 4.28. The van der Waals surface area contributed by atoms with Crippen LogP contribution in [0.4, 0.5) is 16.0 Å². The molecule has 6 heteroatoms. The summed E-state index contributed by atoms with van der Waals surface area (Å²) in [5.74, 6) is 0.377. The van der Waals surface area contributed by atoms with E-state index in [1.54, 1.807) is 30.6 Å². The Morgan fingerprint density at radius 3 is 2.39 bits per heavy atom. The van der Waals surface area contributed by atoms with Crippen molar-refractivity contribution in [3.05, 3.63) is 71.8 Å². The molecule has 1 amide bonds. The van der Waals surface area contributed by atoms with Gasteiger partial charge in [0.2, 0.25) is 5.95 Å². The molecule has 33 heavy (non-hydrogen) atoms. The van der Waals surface area contributed by atoms with Crippen molar-refractivity contribution >= 4 is 17.5 Å². The molecule has 0 bridgehead atoms. The Labute approximate surface area is 194 Å². The second-order valence-corrected chi connectivity index (χ2v) is 9.14. The topological polar surface area (TPSA) is 49.3 Å². The predicted molar refractivity (Wildman–Crippen MR) is 128 cm³/mol. The zero-order chi connectivity index (χ0) is 23.0. The fraction of sp³-hybridized carbons (Fsp3) is 0.370. The Hall–Kier alpha value is -3.28. The molecule has 1 spiro atoms. The highest BCUT2D eigenvalue weighted by atomic mass is 19.1. The third-order valence-electron chi connectivity index (χ3n) is 6.76. The fourth-order valence-corrected chi connectivity index (χ4v) is 4.90. The smallest absolute Gasteiger partial charge is 0.253 e. The van der Waals surface area contributed by atoms with E-state index >= 15 is 0 Å². The van der Waals surface area contributed by atoms with Crippen LogP contribution in [0, 0.1) is 5.82 Å². The number of rotatable bonds is 7. The first-order valence-corrected chi connectivity index (χ1v) is 11.8. The monoisotopic (exact) mass is 444 g/mol. The van der Waals surface area contributed by atoms with Crippen LogP contribution in [-0.2, 0) is 5.41 Å². The zero-order valence-electron chi connectivity index (χ0n) is 19.2. The van der Waals surface area contributed by atoms with Crippen LogP contribution in [0.1, 0.15) is 55.5 Å². The molecule has 5 rings (SSSR count). The minimum absolute atomic E-state index is 0.0778. The first-order valence-electron chi connectivity index (χ1n) is 11.8. The third kappa shape index (κ3) is 3.88. The van der Waals surface area contributed by atoms with Gasteiger partial charge in [0.1, 0.15) is 5.82 Å². The van der Waals surface area contributed by atoms with Crippen LogP contribution in [0.3, 0.4) is 0 Å². The number of hydrogen-bond acceptors (Lipinski definition) is 4. The minimum atomic E-state index is -0.288. The number of hydrogen-bond donors (Lipinski definition) is 0. The van der Waals surface area contributed by atoms with Crippen LogP contribution in [0.15, 0.2) is 54.9 Å². The van der Waals surface area contributed by atoms with Gasteiger partial charge in [0.25, 0.3) is 5.91 Å². The number of fused-ring (bicyclic) bond motifs is 2. The van der Waals surface area contributed by atoms with Gasteiger partial charge in [-0.1, -0.05) is 38.1 Å². The van der Waals surface area contributed by atoms with Crippen LogP contribution < -0.4 is 4.90 Å². The molecule has 2 aromatic carbocycles. The number of nitrogens with zero attached hydrogens (tertiary/aromatic N) is 4. The van der Waals surface area contributed by atoms with E-state index in [1.165, 1.54) is 11.6 Å². The minimum Gasteiger partial charge on any atom is -0.339 e. The molecule has 5 nitrogen and oxygen atoms in total. The van der Waals surface area contributed by atoms with Gasteiger partial charge in [-0.3, -0.25) is 4.79 Å². The van der Waals surface area contributed by atoms with Gasteiger partial charge in [0.05, 0.1) is 0 Å². The molecule has 3 aromatic rings. The van der Waals surface area contributed by atoms with Gasteiger partial charge < -0.3 is 9.80 Å². The van der Waals surface area contributed by atoms with E-state index < -0.39 is 0 Å². The van der Waals surface area contributed by atoms with Gasteiger partial charge in [-0.05, 0) is 49.4 Å². The average Bonchev–Trinajstić information content (AvgIpc) is 3.55. The van der Waals surface area contributed by atoms with E-state index in [2.05, 4.69) is 34.8 Å². The van der Waals surface area contributed by atoms with Crippen molar-refractivity contribution in [2.24, 2.45) is 0 Å². The summed E-state index contributed by atoms with van der Waals surface area (Å²) in [7, 11) is 0. The lowest BCUT2D eigenvalue weighted by atomic mass is 9.97. The highest BCUT2D eigenvalue weighted by molar-refractivity contribution is 5.96. The van der Waals surface area contributed by atoms with Gasteiger partial charge in [0.15, 0.2) is 0 Å². The van der Waals surface area contributed by atoms with Crippen molar-refractivity contribution in [1.82, 2.24) is 14.9 Å². The molecule has 1 fully saturated rings. The van der Waals surface area contributed by atoms with Crippen LogP contribution >= 0.6 is 0 Å². The Balaban J connectivity index is 1.47. The number of halogens is 1. The van der Waals surface area contributed by atoms with Crippen molar-refractivity contribution in [1.29, 1.82) is 0 Å². The number of aromatic nitrogens is 2. The standard InChI is InChI=1S/C27H29FN4O/c1-3-13-31(14-4-2)25(33)19-9-10-22-24(15-19)32(18-27(22)11-12-27)26-29-16-20(17-30-26)21-7-5-6-8-23(21)28/h5-10,15-17H,3-4,11-14,18H2,1-2H3. The molecule has 0 saturated heterocycles. The van der Waals surface area contributed by atoms with Gasteiger partial charge in [-0.2, -0.15) is 0 Å². The number of amides is 1. The molecule has 1 aliphatic heterocycles. The van der Waals surface area contributed by atoms with Crippen molar-refractivity contribution in [3.63, 3.8) is 0 Å². The van der Waals surface area contributed by atoms with E-state index in [9.17, 15) is 9.18 Å². The maximum absolute atomic E-state index is 14.2. The molecular weight excluding hydrogens is 415 g/mol. The highest BCUT2D eigenvalue weighted by Gasteiger charge is 2.52. The number of benzene rings is 2. The second-order valence-electron chi connectivity index (χ2n) is 9.14. The molecule has 0 N–H and O–H groups in total. The Kier molecular flexibility index (Phi) is 5.60. The van der Waals surface area contributed by atoms with Crippen LogP contribution in [-0.4, -0.2) is 40.4 Å². The molecule has 1 aliphatic carbocycles. The van der Waals surface area contributed by atoms with E-state index in [-0.39, 0.29) is 17.1 Å². The third-order valence-corrected chi connectivity index (χ3v) is 6.76. The van der Waals surface area contributed by atoms with Crippen molar-refractivity contribution < 1.29 is 9.18 Å². The summed E-state index contributed by atoms with van der Waals surface area (Å²) in [5, 5.41) is 0. The molecule has 0 unspecified atom stereocenters. The van der Waals surface area contributed by atoms with E-state index in [1.807, 2.05) is 17.0 Å². The van der Waals surface area contributed by atoms with Gasteiger partial charge in [0, 0.05) is 59.8 Å². The lowest BCUT2D eigenvalue weighted by Gasteiger charge is -2.23. The van der Waals surface area contributed by atoms with Crippen LogP contribution in [0.5, 0.6) is 0 Å². The largest absolute Gasteiger partial charge is 0.339 e. The summed E-state index contributed by atoms with van der Waals surface area (Å²) in [6, 6.07) is 12.8. The number of carbonyl (C=O) groups excluding carboxylic acids is 1. The molecule has 2 aliphatic rings. The van der Waals surface area contributed by atoms with Crippen LogP contribution in [0.2, 0.25) is 0 Å². The molecule has 1 aromatic heterocycles. The highest BCUT2D eigenvalue weighted by Crippen LogP contribution is 2.57. The van der Waals surface area contributed by atoms with Gasteiger partial charge >= 0.3 is 0 Å². The summed E-state index contributed by atoms with van der Waals surface area (Å²) < 4.78 is 14.2. The van der Waals surface area contributed by atoms with Gasteiger partial charge in [-0.25, -0.2) is 14.4 Å². The summed E-state index contributed by atoms with van der Waals surface area (Å²) in [4.78, 5) is 26.5. The number of carbonyl (C=O) groups is 1. The lowest BCUT2D eigenvalue weighted by Crippen LogP contribution is -2.32. The summed E-state index contributed by atoms with van der Waals surface area (Å²) >= 11 is 0. The first kappa shape index (κ1) is 21.6. The zero-order valence-corrected chi connectivity index (χ0v) is 19.2. The van der Waals surface area contributed by atoms with E-state index in [4.69, 9.17) is 0 Å². The lowest BCUT2D eigenvalue weighted by molar-refractivity contribution is 0.0755. The fourth-order valence-electron chi connectivity index (χ4n) is 4.90. The van der Waals surface area contributed by atoms with Crippen molar-refractivity contribution in [2.75, 3.05) is 24.5 Å².